The van der Waals surface area contributed by atoms with Crippen LogP contribution in [0, 0.1) is 0 Å². The zero-order chi connectivity index (χ0) is 28.4. The van der Waals surface area contributed by atoms with E-state index in [-0.39, 0.29) is 36.0 Å². The van der Waals surface area contributed by atoms with Crippen LogP contribution in [0.4, 0.5) is 11.5 Å². The molecule has 0 aliphatic carbocycles. The summed E-state index contributed by atoms with van der Waals surface area (Å²) in [6.07, 6.45) is 5.56. The van der Waals surface area contributed by atoms with Crippen LogP contribution >= 0.6 is 0 Å². The van der Waals surface area contributed by atoms with Gasteiger partial charge in [-0.3, -0.25) is 19.3 Å². The van der Waals surface area contributed by atoms with E-state index < -0.39 is 5.91 Å². The minimum atomic E-state index is -0.690. The lowest BCUT2D eigenvalue weighted by molar-refractivity contribution is -0.131. The molecule has 0 saturated carbocycles. The molecule has 0 unspecified atom stereocenters. The van der Waals surface area contributed by atoms with Gasteiger partial charge >= 0.3 is 0 Å². The number of amides is 3. The molecule has 39 heavy (non-hydrogen) atoms. The van der Waals surface area contributed by atoms with Crippen molar-refractivity contribution in [3.63, 3.8) is 0 Å². The number of hydrogen-bond donors (Lipinski definition) is 3. The van der Waals surface area contributed by atoms with Crippen LogP contribution in [0.5, 0.6) is 5.88 Å². The lowest BCUT2D eigenvalue weighted by atomic mass is 10.1. The van der Waals surface area contributed by atoms with Crippen LogP contribution in [0.15, 0.2) is 36.4 Å². The van der Waals surface area contributed by atoms with Crippen LogP contribution in [0.3, 0.4) is 0 Å². The summed E-state index contributed by atoms with van der Waals surface area (Å²) in [5.74, 6) is -0.547. The normalized spacial score (nSPS) is 13.3. The molecule has 1 aromatic heterocycles. The number of likely N-dealkylation sites (N-methyl/N-ethyl adjacent to an activating group) is 1. The highest BCUT2D eigenvalue weighted by molar-refractivity contribution is 5.96. The number of carbonyl (C=O) groups is 3. The molecule has 0 radical (unpaired) electrons. The molecule has 1 aliphatic rings. The highest BCUT2D eigenvalue weighted by Crippen LogP contribution is 2.25. The number of benzene rings is 1. The van der Waals surface area contributed by atoms with Crippen LogP contribution in [0.25, 0.3) is 0 Å². The molecule has 1 aliphatic heterocycles. The number of likely N-dealkylation sites (tertiary alicyclic amines) is 1. The molecule has 2 aromatic rings. The van der Waals surface area contributed by atoms with Gasteiger partial charge in [-0.15, -0.1) is 0 Å². The first-order chi connectivity index (χ1) is 18.7. The molecule has 11 nitrogen and oxygen atoms in total. The van der Waals surface area contributed by atoms with E-state index in [0.717, 1.165) is 25.2 Å². The first-order valence-electron chi connectivity index (χ1n) is 13.3. The second-order valence-corrected chi connectivity index (χ2v) is 9.73. The van der Waals surface area contributed by atoms with E-state index >= 15 is 0 Å². The molecular weight excluding hydrogens is 498 g/mol. The average molecular weight is 538 g/mol. The minimum absolute atomic E-state index is 0.0163. The van der Waals surface area contributed by atoms with Crippen LogP contribution in [-0.4, -0.2) is 83.4 Å². The Hall–Kier alpha value is -3.99. The second kappa shape index (κ2) is 14.2. The van der Waals surface area contributed by atoms with E-state index in [4.69, 9.17) is 10.5 Å². The lowest BCUT2D eigenvalue weighted by Gasteiger charge is -2.29. The Morgan fingerprint density at radius 1 is 1.23 bits per heavy atom. The van der Waals surface area contributed by atoms with Crippen molar-refractivity contribution in [3.05, 3.63) is 53.4 Å². The van der Waals surface area contributed by atoms with Crippen molar-refractivity contribution >= 4 is 29.2 Å². The third-order valence-electron chi connectivity index (χ3n) is 6.10. The number of nitrogens with one attached hydrogen (secondary N) is 2. The summed E-state index contributed by atoms with van der Waals surface area (Å²) in [5.41, 5.74) is 7.81. The van der Waals surface area contributed by atoms with Crippen LogP contribution in [-0.2, 0) is 22.4 Å². The quantitative estimate of drug-likeness (QED) is 0.311. The van der Waals surface area contributed by atoms with Gasteiger partial charge in [0.1, 0.15) is 5.69 Å². The average Bonchev–Trinajstić information content (AvgIpc) is 2.85. The van der Waals surface area contributed by atoms with Gasteiger partial charge in [-0.2, -0.15) is 4.98 Å². The van der Waals surface area contributed by atoms with Gasteiger partial charge in [-0.05, 0) is 63.9 Å². The molecule has 0 spiro atoms. The van der Waals surface area contributed by atoms with Crippen molar-refractivity contribution in [3.8, 4) is 5.88 Å². The largest absolute Gasteiger partial charge is 0.474 e. The number of carbonyl (C=O) groups excluding carboxylic acids is 3. The number of rotatable bonds is 14. The predicted molar refractivity (Wildman–Crippen MR) is 150 cm³/mol. The number of nitrogens with two attached hydrogens (primary N) is 1. The highest BCUT2D eigenvalue weighted by atomic mass is 16.5. The molecule has 1 aromatic carbocycles. The Bertz CT molecular complexity index is 1190. The molecular formula is C28H39N7O4. The molecule has 0 atom stereocenters. The van der Waals surface area contributed by atoms with Crippen LogP contribution < -0.4 is 21.1 Å². The number of anilines is 2. The van der Waals surface area contributed by atoms with Crippen LogP contribution in [0.2, 0.25) is 0 Å². The van der Waals surface area contributed by atoms with Gasteiger partial charge in [0.15, 0.2) is 11.5 Å². The molecule has 0 bridgehead atoms. The SMILES string of the molecule is CCc1nc(C(N)=O)c(Nc2cccc(CCNC(=O)CN(C)C(=O)/C=C/CN3CCC3)c2)nc1OC(C)C. The summed E-state index contributed by atoms with van der Waals surface area (Å²) < 4.78 is 5.79. The molecule has 210 valence electrons. The first kappa shape index (κ1) is 29.6. The first-order valence-corrected chi connectivity index (χ1v) is 13.3. The van der Waals surface area contributed by atoms with E-state index in [0.29, 0.717) is 36.6 Å². The Kier molecular flexibility index (Phi) is 10.8. The van der Waals surface area contributed by atoms with Gasteiger partial charge in [0.05, 0.1) is 12.6 Å². The predicted octanol–water partition coefficient (Wildman–Crippen LogP) is 2.05. The van der Waals surface area contributed by atoms with Gasteiger partial charge in [0.25, 0.3) is 5.91 Å². The maximum Gasteiger partial charge on any atom is 0.271 e. The highest BCUT2D eigenvalue weighted by Gasteiger charge is 2.19. The minimum Gasteiger partial charge on any atom is -0.474 e. The third-order valence-corrected chi connectivity index (χ3v) is 6.10. The summed E-state index contributed by atoms with van der Waals surface area (Å²) in [4.78, 5) is 49.1. The maximum atomic E-state index is 12.3. The van der Waals surface area contributed by atoms with Gasteiger partial charge in [-0.1, -0.05) is 25.1 Å². The van der Waals surface area contributed by atoms with E-state index in [1.807, 2.05) is 51.1 Å². The summed E-state index contributed by atoms with van der Waals surface area (Å²) in [6, 6.07) is 7.53. The van der Waals surface area contributed by atoms with Crippen molar-refractivity contribution < 1.29 is 19.1 Å². The summed E-state index contributed by atoms with van der Waals surface area (Å²) in [5, 5.41) is 5.99. The molecule has 3 rings (SSSR count). The fourth-order valence-corrected chi connectivity index (χ4v) is 3.89. The summed E-state index contributed by atoms with van der Waals surface area (Å²) >= 11 is 0. The van der Waals surface area contributed by atoms with Crippen molar-refractivity contribution in [1.29, 1.82) is 0 Å². The zero-order valence-corrected chi connectivity index (χ0v) is 23.2. The summed E-state index contributed by atoms with van der Waals surface area (Å²) in [7, 11) is 1.61. The van der Waals surface area contributed by atoms with Crippen molar-refractivity contribution in [2.45, 2.75) is 46.1 Å². The Morgan fingerprint density at radius 2 is 2.00 bits per heavy atom. The monoisotopic (exact) mass is 537 g/mol. The Morgan fingerprint density at radius 3 is 2.64 bits per heavy atom. The van der Waals surface area contributed by atoms with Crippen LogP contribution in [0.1, 0.15) is 48.9 Å². The zero-order valence-electron chi connectivity index (χ0n) is 23.2. The van der Waals surface area contributed by atoms with Gasteiger partial charge < -0.3 is 26.0 Å². The van der Waals surface area contributed by atoms with E-state index in [2.05, 4.69) is 25.5 Å². The number of aromatic nitrogens is 2. The number of primary amides is 1. The van der Waals surface area contributed by atoms with Gasteiger partial charge in [0, 0.05) is 31.9 Å². The third kappa shape index (κ3) is 9.06. The van der Waals surface area contributed by atoms with E-state index in [1.54, 1.807) is 7.05 Å². The Labute approximate surface area is 229 Å². The number of ether oxygens (including phenoxy) is 1. The fourth-order valence-electron chi connectivity index (χ4n) is 3.89. The van der Waals surface area contributed by atoms with Gasteiger partial charge in [-0.25, -0.2) is 4.98 Å². The topological polar surface area (TPSA) is 143 Å². The van der Waals surface area contributed by atoms with Crippen molar-refractivity contribution in [1.82, 2.24) is 25.1 Å². The Balaban J connectivity index is 1.55. The summed E-state index contributed by atoms with van der Waals surface area (Å²) in [6.45, 7) is 8.96. The molecule has 3 amide bonds. The molecule has 11 heteroatoms. The van der Waals surface area contributed by atoms with E-state index in [9.17, 15) is 14.4 Å². The molecule has 1 saturated heterocycles. The standard InChI is InChI=1S/C28H39N7O4/c1-5-22-28(39-19(2)3)33-27(25(32-22)26(29)38)31-21-10-6-9-20(17-21)12-13-30-23(36)18-34(4)24(37)11-7-14-35-15-8-16-35/h6-7,9-11,17,19H,5,8,12-16,18H2,1-4H3,(H2,29,38)(H,30,36)(H,31,33)/b11-7+. The van der Waals surface area contributed by atoms with E-state index in [1.165, 1.54) is 17.4 Å². The second-order valence-electron chi connectivity index (χ2n) is 9.73. The molecule has 4 N–H and O–H groups in total. The molecule has 1 fully saturated rings. The fraction of sp³-hybridized carbons (Fsp3) is 0.464. The van der Waals surface area contributed by atoms with Gasteiger partial charge in [0.2, 0.25) is 17.7 Å². The molecule has 2 heterocycles. The number of aryl methyl sites for hydroxylation is 1. The lowest BCUT2D eigenvalue weighted by Crippen LogP contribution is -2.39. The number of nitrogens with zero attached hydrogens (tertiary/aromatic N) is 4. The van der Waals surface area contributed by atoms with Crippen molar-refractivity contribution in [2.75, 3.05) is 45.1 Å². The van der Waals surface area contributed by atoms with Crippen molar-refractivity contribution in [2.24, 2.45) is 5.73 Å². The number of hydrogen-bond acceptors (Lipinski definition) is 8. The maximum absolute atomic E-state index is 12.3. The smallest absolute Gasteiger partial charge is 0.271 e.